The molecule has 2 nitrogen and oxygen atoms in total. The molecule has 11 rings (SSSR count). The van der Waals surface area contributed by atoms with E-state index in [0.717, 1.165) is 29.2 Å². The maximum absolute atomic E-state index is 2.55. The molecule has 1 aliphatic carbocycles. The minimum atomic E-state index is 0.0273. The van der Waals surface area contributed by atoms with Gasteiger partial charge in [-0.25, -0.2) is 0 Å². The van der Waals surface area contributed by atoms with Crippen LogP contribution in [0.25, 0.3) is 65.3 Å². The summed E-state index contributed by atoms with van der Waals surface area (Å²) in [6, 6.07) is 73.9. The van der Waals surface area contributed by atoms with Gasteiger partial charge in [-0.2, -0.15) is 0 Å². The molecule has 0 saturated carbocycles. The van der Waals surface area contributed by atoms with Gasteiger partial charge in [-0.1, -0.05) is 235 Å². The summed E-state index contributed by atoms with van der Waals surface area (Å²) in [6.45, 7) is 30.1. The van der Waals surface area contributed by atoms with Gasteiger partial charge in [0.1, 0.15) is 0 Å². The molecule has 0 aliphatic heterocycles. The van der Waals surface area contributed by atoms with E-state index in [-0.39, 0.29) is 21.7 Å². The molecule has 2 heteroatoms. The number of rotatable bonds is 8. The molecule has 0 bridgehead atoms. The van der Waals surface area contributed by atoms with E-state index >= 15 is 0 Å². The van der Waals surface area contributed by atoms with Crippen molar-refractivity contribution in [3.05, 3.63) is 234 Å². The summed E-state index contributed by atoms with van der Waals surface area (Å²) in [4.78, 5) is 5.00. The molecule has 386 valence electrons. The van der Waals surface area contributed by atoms with Crippen LogP contribution >= 0.6 is 0 Å². The normalized spacial score (nSPS) is 14.5. The van der Waals surface area contributed by atoms with Gasteiger partial charge in [0.05, 0.1) is 0 Å². The highest BCUT2D eigenvalue weighted by molar-refractivity contribution is 6.26. The lowest BCUT2D eigenvalue weighted by molar-refractivity contribution is 0.428. The third kappa shape index (κ3) is 9.78. The molecule has 0 saturated heterocycles. The molecular formula is C75H76N2. The average Bonchev–Trinajstić information content (AvgIpc) is 3.54. The summed E-state index contributed by atoms with van der Waals surface area (Å²) in [5, 5.41) is 9.80. The predicted octanol–water partition coefficient (Wildman–Crippen LogP) is 22.0. The van der Waals surface area contributed by atoms with Gasteiger partial charge < -0.3 is 9.80 Å². The highest BCUT2D eigenvalue weighted by Crippen LogP contribution is 2.51. The monoisotopic (exact) mass is 1000 g/mol. The lowest BCUT2D eigenvalue weighted by Crippen LogP contribution is -2.24. The van der Waals surface area contributed by atoms with Gasteiger partial charge in [0.2, 0.25) is 0 Å². The number of hydrogen-bond donors (Lipinski definition) is 0. The number of fused-ring (bicyclic) bond motifs is 4. The minimum Gasteiger partial charge on any atom is -0.314 e. The molecular weight excluding hydrogens is 929 g/mol. The molecule has 0 heterocycles. The highest BCUT2D eigenvalue weighted by atomic mass is 15.2. The van der Waals surface area contributed by atoms with Crippen LogP contribution < -0.4 is 9.80 Å². The Morgan fingerprint density at radius 1 is 0.325 bits per heavy atom. The SMILES string of the molecule is CC1CC(N(c2ccc(C(C)(C)C)cc2)c2ccc3c(-c4cccc5ccccc45)c4cc(N(c5ccc(C(C)(C)C)cc5)c5ccc(C(C)(C)C)cc5)ccc4c(-c4cccc5ccccc45)c3c2)=CC=C1C(C)(C)C. The van der Waals surface area contributed by atoms with E-state index in [1.807, 2.05) is 0 Å². The molecule has 1 aliphatic rings. The Balaban J connectivity index is 1.25. The van der Waals surface area contributed by atoms with Crippen LogP contribution in [0.1, 0.15) is 113 Å². The molecule has 0 aromatic heterocycles. The molecule has 10 aromatic carbocycles. The third-order valence-corrected chi connectivity index (χ3v) is 16.3. The molecule has 10 aromatic rings. The van der Waals surface area contributed by atoms with Crippen molar-refractivity contribution in [3.8, 4) is 22.3 Å². The minimum absolute atomic E-state index is 0.0273. The number of benzene rings is 10. The van der Waals surface area contributed by atoms with Crippen molar-refractivity contribution in [2.24, 2.45) is 11.3 Å². The predicted molar refractivity (Wildman–Crippen MR) is 336 cm³/mol. The van der Waals surface area contributed by atoms with Crippen molar-refractivity contribution >= 4 is 71.5 Å². The second-order valence-corrected chi connectivity index (χ2v) is 26.0. The van der Waals surface area contributed by atoms with E-state index in [1.165, 1.54) is 99.0 Å². The van der Waals surface area contributed by atoms with Crippen molar-refractivity contribution in [2.45, 2.75) is 113 Å². The molecule has 1 atom stereocenters. The van der Waals surface area contributed by atoms with Crippen molar-refractivity contribution in [2.75, 3.05) is 9.80 Å². The smallest absolute Gasteiger partial charge is 0.0468 e. The second-order valence-electron chi connectivity index (χ2n) is 26.0. The molecule has 0 N–H and O–H groups in total. The molecule has 77 heavy (non-hydrogen) atoms. The van der Waals surface area contributed by atoms with Crippen LogP contribution in [0.2, 0.25) is 0 Å². The highest BCUT2D eigenvalue weighted by Gasteiger charge is 2.30. The molecule has 0 spiro atoms. The van der Waals surface area contributed by atoms with Crippen LogP contribution in [0, 0.1) is 11.3 Å². The largest absolute Gasteiger partial charge is 0.314 e. The Hall–Kier alpha value is -7.68. The van der Waals surface area contributed by atoms with Gasteiger partial charge in [0.25, 0.3) is 0 Å². The van der Waals surface area contributed by atoms with Crippen molar-refractivity contribution < 1.29 is 0 Å². The number of allylic oxidation sites excluding steroid dienone is 4. The topological polar surface area (TPSA) is 6.48 Å². The fourth-order valence-electron chi connectivity index (χ4n) is 12.2. The van der Waals surface area contributed by atoms with Crippen LogP contribution in [0.4, 0.5) is 28.4 Å². The van der Waals surface area contributed by atoms with Crippen molar-refractivity contribution in [3.63, 3.8) is 0 Å². The van der Waals surface area contributed by atoms with Crippen LogP contribution in [0.3, 0.4) is 0 Å². The van der Waals surface area contributed by atoms with Gasteiger partial charge in [0.15, 0.2) is 0 Å². The van der Waals surface area contributed by atoms with E-state index in [1.54, 1.807) is 0 Å². The summed E-state index contributed by atoms with van der Waals surface area (Å²) >= 11 is 0. The Labute approximate surface area is 459 Å². The third-order valence-electron chi connectivity index (χ3n) is 16.3. The quantitative estimate of drug-likeness (QED) is 0.140. The zero-order valence-electron chi connectivity index (χ0n) is 47.8. The first kappa shape index (κ1) is 51.4. The van der Waals surface area contributed by atoms with Gasteiger partial charge in [-0.3, -0.25) is 0 Å². The number of nitrogens with zero attached hydrogens (tertiary/aromatic N) is 2. The van der Waals surface area contributed by atoms with Crippen LogP contribution in [0.5, 0.6) is 0 Å². The summed E-state index contributed by atoms with van der Waals surface area (Å²) in [7, 11) is 0. The fourth-order valence-corrected chi connectivity index (χ4v) is 12.2. The number of hydrogen-bond acceptors (Lipinski definition) is 2. The average molecular weight is 1010 g/mol. The lowest BCUT2D eigenvalue weighted by atomic mass is 9.75. The summed E-state index contributed by atoms with van der Waals surface area (Å²) in [6.07, 6.45) is 5.75. The van der Waals surface area contributed by atoms with Gasteiger partial charge in [0, 0.05) is 34.1 Å². The Morgan fingerprint density at radius 2 is 0.688 bits per heavy atom. The number of anilines is 5. The second kappa shape index (κ2) is 19.4. The van der Waals surface area contributed by atoms with E-state index < -0.39 is 0 Å². The van der Waals surface area contributed by atoms with Crippen molar-refractivity contribution in [1.29, 1.82) is 0 Å². The Kier molecular flexibility index (Phi) is 13.0. The summed E-state index contributed by atoms with van der Waals surface area (Å²) in [5.41, 5.74) is 17.5. The van der Waals surface area contributed by atoms with E-state index in [0.29, 0.717) is 5.92 Å². The van der Waals surface area contributed by atoms with Gasteiger partial charge in [-0.05, 0) is 183 Å². The Bertz CT molecular complexity index is 3840. The standard InChI is InChI=1S/C75H76N2/c1-49-46-58(42-45-69(49)75(11,12)13)77(57-38-32-54(33-39-57)74(8,9)10)60-41-44-66-68(48-60)71(64-27-19-23-51-21-15-17-25-62(51)64)65-43-40-59(47-67(65)70(66)63-26-18-22-50-20-14-16-24-61(50)63)76(55-34-28-52(29-35-55)72(2,3)4)56-36-30-53(31-37-56)73(5,6)7/h14-45,47-49H,46H2,1-13H3. The molecule has 0 amide bonds. The van der Waals surface area contributed by atoms with E-state index in [2.05, 4.69) is 306 Å². The van der Waals surface area contributed by atoms with Gasteiger partial charge in [-0.15, -0.1) is 0 Å². The fraction of sp³-hybridized carbons (Fsp3) is 0.253. The van der Waals surface area contributed by atoms with Crippen molar-refractivity contribution in [1.82, 2.24) is 0 Å². The maximum Gasteiger partial charge on any atom is 0.0468 e. The van der Waals surface area contributed by atoms with Crippen LogP contribution in [0.15, 0.2) is 218 Å². The molecule has 1 unspecified atom stereocenters. The first-order valence-corrected chi connectivity index (χ1v) is 28.0. The van der Waals surface area contributed by atoms with Gasteiger partial charge >= 0.3 is 0 Å². The maximum atomic E-state index is 2.55. The Morgan fingerprint density at radius 3 is 1.08 bits per heavy atom. The summed E-state index contributed by atoms with van der Waals surface area (Å²) < 4.78 is 0. The lowest BCUT2D eigenvalue weighted by Gasteiger charge is -2.36. The van der Waals surface area contributed by atoms with E-state index in [4.69, 9.17) is 0 Å². The van der Waals surface area contributed by atoms with E-state index in [9.17, 15) is 0 Å². The first-order valence-electron chi connectivity index (χ1n) is 28.0. The molecule has 0 fully saturated rings. The zero-order chi connectivity index (χ0) is 54.2. The summed E-state index contributed by atoms with van der Waals surface area (Å²) in [5.74, 6) is 0.390. The first-order chi connectivity index (χ1) is 36.6. The molecule has 0 radical (unpaired) electrons. The van der Waals surface area contributed by atoms with Crippen LogP contribution in [-0.2, 0) is 16.2 Å². The van der Waals surface area contributed by atoms with Crippen LogP contribution in [-0.4, -0.2) is 0 Å². The zero-order valence-corrected chi connectivity index (χ0v) is 47.8.